The number of methoxy groups -OCH3 is 1. The first-order chi connectivity index (χ1) is 9.02. The second-order valence-corrected chi connectivity index (χ2v) is 4.75. The molecule has 1 saturated carbocycles. The van der Waals surface area contributed by atoms with Gasteiger partial charge in [-0.1, -0.05) is 6.92 Å². The standard InChI is InChI=1S/C12H18N4O3/c1-4-8(13-7(2)17)9-10(18)14-11(16-15-9)12(19-3)5-6-12/h8H,4-6H2,1-3H3,(H,13,17)(H,14,16,18). The minimum Gasteiger partial charge on any atom is -0.370 e. The van der Waals surface area contributed by atoms with Crippen molar-refractivity contribution in [1.82, 2.24) is 20.5 Å². The van der Waals surface area contributed by atoms with Gasteiger partial charge in [-0.2, -0.15) is 0 Å². The third-order valence-electron chi connectivity index (χ3n) is 3.36. The van der Waals surface area contributed by atoms with Crippen molar-refractivity contribution in [3.8, 4) is 0 Å². The van der Waals surface area contributed by atoms with Gasteiger partial charge in [-0.15, -0.1) is 10.2 Å². The maximum absolute atomic E-state index is 12.0. The van der Waals surface area contributed by atoms with E-state index in [2.05, 4.69) is 20.5 Å². The van der Waals surface area contributed by atoms with Gasteiger partial charge in [0.05, 0.1) is 6.04 Å². The van der Waals surface area contributed by atoms with Gasteiger partial charge < -0.3 is 15.0 Å². The van der Waals surface area contributed by atoms with Crippen LogP contribution in [0.1, 0.15) is 50.7 Å². The van der Waals surface area contributed by atoms with E-state index in [0.717, 1.165) is 12.8 Å². The molecule has 1 atom stereocenters. The molecule has 7 nitrogen and oxygen atoms in total. The zero-order valence-corrected chi connectivity index (χ0v) is 11.3. The Morgan fingerprint density at radius 1 is 1.53 bits per heavy atom. The second-order valence-electron chi connectivity index (χ2n) is 4.75. The molecule has 0 bridgehead atoms. The van der Waals surface area contributed by atoms with Crippen LogP contribution in [-0.4, -0.2) is 28.2 Å². The fraction of sp³-hybridized carbons (Fsp3) is 0.667. The predicted octanol–water partition coefficient (Wildman–Crippen LogP) is 0.388. The normalized spacial score (nSPS) is 17.8. The number of hydrogen-bond donors (Lipinski definition) is 2. The Kier molecular flexibility index (Phi) is 3.66. The highest BCUT2D eigenvalue weighted by Crippen LogP contribution is 2.46. The van der Waals surface area contributed by atoms with Crippen molar-refractivity contribution in [2.24, 2.45) is 0 Å². The first-order valence-corrected chi connectivity index (χ1v) is 6.32. The van der Waals surface area contributed by atoms with Crippen LogP contribution >= 0.6 is 0 Å². The summed E-state index contributed by atoms with van der Waals surface area (Å²) in [6, 6.07) is -0.416. The van der Waals surface area contributed by atoms with Crippen molar-refractivity contribution >= 4 is 5.91 Å². The Morgan fingerprint density at radius 3 is 2.63 bits per heavy atom. The zero-order chi connectivity index (χ0) is 14.0. The number of rotatable bonds is 5. The molecule has 2 N–H and O–H groups in total. The van der Waals surface area contributed by atoms with E-state index < -0.39 is 11.6 Å². The van der Waals surface area contributed by atoms with Gasteiger partial charge in [-0.25, -0.2) is 0 Å². The number of carbonyl (C=O) groups is 1. The molecule has 1 amide bonds. The van der Waals surface area contributed by atoms with Gasteiger partial charge in [0.1, 0.15) is 5.60 Å². The molecule has 1 aliphatic rings. The lowest BCUT2D eigenvalue weighted by Crippen LogP contribution is -2.33. The Balaban J connectivity index is 2.29. The van der Waals surface area contributed by atoms with E-state index >= 15 is 0 Å². The van der Waals surface area contributed by atoms with Crippen LogP contribution < -0.4 is 10.9 Å². The van der Waals surface area contributed by atoms with Crippen molar-refractivity contribution in [3.63, 3.8) is 0 Å². The lowest BCUT2D eigenvalue weighted by Gasteiger charge is -2.15. The fourth-order valence-electron chi connectivity index (χ4n) is 2.04. The molecule has 1 fully saturated rings. The number of aromatic nitrogens is 3. The molecule has 1 aromatic heterocycles. The van der Waals surface area contributed by atoms with Gasteiger partial charge in [0.2, 0.25) is 5.91 Å². The predicted molar refractivity (Wildman–Crippen MR) is 67.4 cm³/mol. The van der Waals surface area contributed by atoms with Gasteiger partial charge in [0, 0.05) is 14.0 Å². The van der Waals surface area contributed by atoms with Crippen LogP contribution in [0.25, 0.3) is 0 Å². The molecule has 1 unspecified atom stereocenters. The van der Waals surface area contributed by atoms with E-state index in [1.807, 2.05) is 6.92 Å². The average molecular weight is 266 g/mol. The SMILES string of the molecule is CCC(NC(C)=O)c1nnc(C2(OC)CC2)[nH]c1=O. The van der Waals surface area contributed by atoms with Gasteiger partial charge in [-0.3, -0.25) is 9.59 Å². The van der Waals surface area contributed by atoms with E-state index in [9.17, 15) is 9.59 Å². The average Bonchev–Trinajstić information content (AvgIpc) is 3.17. The number of nitrogens with zero attached hydrogens (tertiary/aromatic N) is 2. The molecule has 0 spiro atoms. The minimum atomic E-state index is -0.472. The molecule has 2 rings (SSSR count). The van der Waals surface area contributed by atoms with Crippen molar-refractivity contribution in [3.05, 3.63) is 21.9 Å². The molecule has 0 radical (unpaired) electrons. The van der Waals surface area contributed by atoms with Gasteiger partial charge >= 0.3 is 0 Å². The van der Waals surface area contributed by atoms with Crippen molar-refractivity contribution in [2.45, 2.75) is 44.8 Å². The van der Waals surface area contributed by atoms with Crippen LogP contribution in [0, 0.1) is 0 Å². The lowest BCUT2D eigenvalue weighted by atomic mass is 10.1. The highest BCUT2D eigenvalue weighted by molar-refractivity contribution is 5.73. The largest absolute Gasteiger partial charge is 0.370 e. The Bertz CT molecular complexity index is 536. The minimum absolute atomic E-state index is 0.201. The number of nitrogens with one attached hydrogen (secondary N) is 2. The first-order valence-electron chi connectivity index (χ1n) is 6.32. The summed E-state index contributed by atoms with van der Waals surface area (Å²) < 4.78 is 5.34. The summed E-state index contributed by atoms with van der Waals surface area (Å²) in [5, 5.41) is 10.7. The third-order valence-corrected chi connectivity index (χ3v) is 3.36. The molecule has 1 aromatic rings. The molecule has 0 aromatic carbocycles. The van der Waals surface area contributed by atoms with Crippen molar-refractivity contribution in [2.75, 3.05) is 7.11 Å². The number of amides is 1. The monoisotopic (exact) mass is 266 g/mol. The molecule has 104 valence electrons. The molecular weight excluding hydrogens is 248 g/mol. The van der Waals surface area contributed by atoms with Crippen LogP contribution in [0.5, 0.6) is 0 Å². The Morgan fingerprint density at radius 2 is 2.21 bits per heavy atom. The molecule has 1 aliphatic carbocycles. The Hall–Kier alpha value is -1.76. The molecule has 0 aliphatic heterocycles. The second kappa shape index (κ2) is 5.08. The van der Waals surface area contributed by atoms with Crippen LogP contribution in [0.3, 0.4) is 0 Å². The van der Waals surface area contributed by atoms with Crippen molar-refractivity contribution in [1.29, 1.82) is 0 Å². The van der Waals surface area contributed by atoms with Gasteiger partial charge in [0.15, 0.2) is 11.5 Å². The topological polar surface area (TPSA) is 97.0 Å². The lowest BCUT2D eigenvalue weighted by molar-refractivity contribution is -0.119. The number of H-pyrrole nitrogens is 1. The van der Waals surface area contributed by atoms with Gasteiger partial charge in [-0.05, 0) is 19.3 Å². The van der Waals surface area contributed by atoms with E-state index in [4.69, 9.17) is 4.74 Å². The summed E-state index contributed by atoms with van der Waals surface area (Å²) >= 11 is 0. The highest BCUT2D eigenvalue weighted by Gasteiger charge is 2.48. The van der Waals surface area contributed by atoms with E-state index in [0.29, 0.717) is 12.2 Å². The number of aromatic amines is 1. The van der Waals surface area contributed by atoms with Crippen LogP contribution in [0.4, 0.5) is 0 Å². The fourth-order valence-corrected chi connectivity index (χ4v) is 2.04. The number of ether oxygens (including phenoxy) is 1. The smallest absolute Gasteiger partial charge is 0.275 e. The molecule has 1 heterocycles. The van der Waals surface area contributed by atoms with E-state index in [1.165, 1.54) is 6.92 Å². The third kappa shape index (κ3) is 2.65. The summed E-state index contributed by atoms with van der Waals surface area (Å²) in [5.41, 5.74) is -0.567. The van der Waals surface area contributed by atoms with E-state index in [-0.39, 0.29) is 17.2 Å². The quantitative estimate of drug-likeness (QED) is 0.803. The van der Waals surface area contributed by atoms with Gasteiger partial charge in [0.25, 0.3) is 5.56 Å². The summed E-state index contributed by atoms with van der Waals surface area (Å²) in [5.74, 6) is 0.258. The Labute approximate surface area is 110 Å². The number of carbonyl (C=O) groups excluding carboxylic acids is 1. The highest BCUT2D eigenvalue weighted by atomic mass is 16.5. The summed E-state index contributed by atoms with van der Waals surface area (Å²) in [6.45, 7) is 3.27. The summed E-state index contributed by atoms with van der Waals surface area (Å²) in [7, 11) is 1.59. The zero-order valence-electron chi connectivity index (χ0n) is 11.3. The maximum atomic E-state index is 12.0. The molecule has 7 heteroatoms. The molecular formula is C12H18N4O3. The van der Waals surface area contributed by atoms with Crippen LogP contribution in [0.2, 0.25) is 0 Å². The van der Waals surface area contributed by atoms with Crippen molar-refractivity contribution < 1.29 is 9.53 Å². The maximum Gasteiger partial charge on any atom is 0.275 e. The van der Waals surface area contributed by atoms with Crippen LogP contribution in [-0.2, 0) is 15.1 Å². The summed E-state index contributed by atoms with van der Waals surface area (Å²) in [4.78, 5) is 25.8. The number of hydrogen-bond acceptors (Lipinski definition) is 5. The molecule has 0 saturated heterocycles. The molecule has 19 heavy (non-hydrogen) atoms. The van der Waals surface area contributed by atoms with E-state index in [1.54, 1.807) is 7.11 Å². The summed E-state index contributed by atoms with van der Waals surface area (Å²) in [6.07, 6.45) is 2.23. The van der Waals surface area contributed by atoms with Crippen LogP contribution in [0.15, 0.2) is 4.79 Å². The first kappa shape index (κ1) is 13.7.